The van der Waals surface area contributed by atoms with Crippen LogP contribution in [0.1, 0.15) is 46.2 Å². The summed E-state index contributed by atoms with van der Waals surface area (Å²) in [6.07, 6.45) is 4.50. The predicted octanol–water partition coefficient (Wildman–Crippen LogP) is 1.73. The van der Waals surface area contributed by atoms with Crippen molar-refractivity contribution in [1.29, 1.82) is 0 Å². The minimum atomic E-state index is 0.0211. The lowest BCUT2D eigenvalue weighted by Gasteiger charge is -2.18. The molecular weight excluding hydrogens is 228 g/mol. The summed E-state index contributed by atoms with van der Waals surface area (Å²) in [5, 5.41) is 11.6. The van der Waals surface area contributed by atoms with Gasteiger partial charge in [-0.2, -0.15) is 0 Å². The molecule has 0 spiro atoms. The molecule has 2 rings (SSSR count). The Kier molecular flexibility index (Phi) is 4.02. The summed E-state index contributed by atoms with van der Waals surface area (Å²) in [6, 6.07) is 0.467. The van der Waals surface area contributed by atoms with Gasteiger partial charge in [0, 0.05) is 18.8 Å². The molecule has 0 radical (unpaired) electrons. The molecule has 1 unspecified atom stereocenters. The number of nitrogens with one attached hydrogen (secondary N) is 1. The van der Waals surface area contributed by atoms with Crippen molar-refractivity contribution in [2.45, 2.75) is 71.4 Å². The maximum Gasteiger partial charge on any atom is 0.0964 e. The van der Waals surface area contributed by atoms with E-state index in [1.807, 2.05) is 10.9 Å². The topological polar surface area (TPSA) is 52.0 Å². The van der Waals surface area contributed by atoms with Gasteiger partial charge in [-0.15, -0.1) is 5.10 Å². The van der Waals surface area contributed by atoms with Gasteiger partial charge in [-0.05, 0) is 26.7 Å². The summed E-state index contributed by atoms with van der Waals surface area (Å²) >= 11 is 0. The van der Waals surface area contributed by atoms with Gasteiger partial charge in [0.1, 0.15) is 0 Å². The molecule has 0 saturated carbocycles. The van der Waals surface area contributed by atoms with Crippen LogP contribution in [0.5, 0.6) is 0 Å². The second-order valence-corrected chi connectivity index (χ2v) is 6.01. The summed E-state index contributed by atoms with van der Waals surface area (Å²) in [5.74, 6) is 0. The molecule has 1 atom stereocenters. The number of ether oxygens (including phenoxy) is 1. The second kappa shape index (κ2) is 5.36. The van der Waals surface area contributed by atoms with Crippen LogP contribution in [-0.4, -0.2) is 32.7 Å². The fourth-order valence-electron chi connectivity index (χ4n) is 2.23. The van der Waals surface area contributed by atoms with Gasteiger partial charge in [-0.3, -0.25) is 0 Å². The number of nitrogens with zero attached hydrogens (tertiary/aromatic N) is 3. The zero-order valence-corrected chi connectivity index (χ0v) is 11.8. The molecular formula is C13H24N4O. The Morgan fingerprint density at radius 2 is 2.33 bits per heavy atom. The van der Waals surface area contributed by atoms with Crippen LogP contribution >= 0.6 is 0 Å². The third-order valence-corrected chi connectivity index (χ3v) is 3.22. The predicted molar refractivity (Wildman–Crippen MR) is 70.2 cm³/mol. The van der Waals surface area contributed by atoms with Gasteiger partial charge in [0.05, 0.1) is 23.9 Å². The van der Waals surface area contributed by atoms with E-state index in [1.54, 1.807) is 0 Å². The molecule has 1 N–H and O–H groups in total. The van der Waals surface area contributed by atoms with Crippen LogP contribution in [-0.2, 0) is 17.8 Å². The highest BCUT2D eigenvalue weighted by molar-refractivity contribution is 4.92. The van der Waals surface area contributed by atoms with E-state index in [0.29, 0.717) is 6.04 Å². The molecule has 5 nitrogen and oxygen atoms in total. The molecule has 1 aromatic heterocycles. The van der Waals surface area contributed by atoms with Gasteiger partial charge in [0.15, 0.2) is 0 Å². The SMILES string of the molecule is CC(C)NCc1cn(CC2CCC(C)(C)O2)nn1. The standard InChI is InChI=1S/C13H24N4O/c1-10(2)14-7-11-8-17(16-15-11)9-12-5-6-13(3,4)18-12/h8,10,12,14H,5-7,9H2,1-4H3. The third-order valence-electron chi connectivity index (χ3n) is 3.22. The van der Waals surface area contributed by atoms with Crippen LogP contribution in [0.15, 0.2) is 6.20 Å². The second-order valence-electron chi connectivity index (χ2n) is 6.01. The van der Waals surface area contributed by atoms with Crippen LogP contribution in [0, 0.1) is 0 Å². The van der Waals surface area contributed by atoms with E-state index in [1.165, 1.54) is 0 Å². The highest BCUT2D eigenvalue weighted by Crippen LogP contribution is 2.29. The molecule has 0 aliphatic carbocycles. The molecule has 0 amide bonds. The monoisotopic (exact) mass is 252 g/mol. The van der Waals surface area contributed by atoms with E-state index in [0.717, 1.165) is 31.6 Å². The zero-order chi connectivity index (χ0) is 13.2. The smallest absolute Gasteiger partial charge is 0.0964 e. The molecule has 18 heavy (non-hydrogen) atoms. The molecule has 2 heterocycles. The zero-order valence-electron chi connectivity index (χ0n) is 11.8. The number of rotatable bonds is 5. The lowest BCUT2D eigenvalue weighted by atomic mass is 10.1. The summed E-state index contributed by atoms with van der Waals surface area (Å²) in [4.78, 5) is 0. The minimum Gasteiger partial charge on any atom is -0.370 e. The summed E-state index contributed by atoms with van der Waals surface area (Å²) in [7, 11) is 0. The Morgan fingerprint density at radius 3 is 2.94 bits per heavy atom. The van der Waals surface area contributed by atoms with Crippen LogP contribution in [0.25, 0.3) is 0 Å². The summed E-state index contributed by atoms with van der Waals surface area (Å²) < 4.78 is 7.85. The van der Waals surface area contributed by atoms with Crippen LogP contribution < -0.4 is 5.32 Å². The van der Waals surface area contributed by atoms with Crippen molar-refractivity contribution in [3.8, 4) is 0 Å². The number of aromatic nitrogens is 3. The Hall–Kier alpha value is -0.940. The first-order valence-corrected chi connectivity index (χ1v) is 6.75. The van der Waals surface area contributed by atoms with Gasteiger partial charge in [0.25, 0.3) is 0 Å². The van der Waals surface area contributed by atoms with Gasteiger partial charge in [-0.25, -0.2) is 4.68 Å². The highest BCUT2D eigenvalue weighted by atomic mass is 16.5. The van der Waals surface area contributed by atoms with Gasteiger partial charge in [0.2, 0.25) is 0 Å². The molecule has 1 fully saturated rings. The first-order valence-electron chi connectivity index (χ1n) is 6.75. The quantitative estimate of drug-likeness (QED) is 0.867. The average Bonchev–Trinajstić information content (AvgIpc) is 2.83. The van der Waals surface area contributed by atoms with Crippen LogP contribution in [0.4, 0.5) is 0 Å². The van der Waals surface area contributed by atoms with Crippen LogP contribution in [0.3, 0.4) is 0 Å². The van der Waals surface area contributed by atoms with Crippen LogP contribution in [0.2, 0.25) is 0 Å². The van der Waals surface area contributed by atoms with E-state index in [4.69, 9.17) is 4.74 Å². The summed E-state index contributed by atoms with van der Waals surface area (Å²) in [5.41, 5.74) is 1.01. The van der Waals surface area contributed by atoms with E-state index in [2.05, 4.69) is 43.3 Å². The highest BCUT2D eigenvalue weighted by Gasteiger charge is 2.31. The largest absolute Gasteiger partial charge is 0.370 e. The third kappa shape index (κ3) is 3.78. The number of hydrogen-bond donors (Lipinski definition) is 1. The maximum absolute atomic E-state index is 5.96. The molecule has 1 aromatic rings. The fraction of sp³-hybridized carbons (Fsp3) is 0.846. The molecule has 1 aliphatic heterocycles. The van der Waals surface area contributed by atoms with Crippen molar-refractivity contribution in [3.05, 3.63) is 11.9 Å². The van der Waals surface area contributed by atoms with Crippen molar-refractivity contribution in [2.75, 3.05) is 0 Å². The Morgan fingerprint density at radius 1 is 1.56 bits per heavy atom. The normalized spacial score (nSPS) is 22.8. The molecule has 0 aromatic carbocycles. The number of hydrogen-bond acceptors (Lipinski definition) is 4. The average molecular weight is 252 g/mol. The van der Waals surface area contributed by atoms with Crippen molar-refractivity contribution in [1.82, 2.24) is 20.3 Å². The fourth-order valence-corrected chi connectivity index (χ4v) is 2.23. The van der Waals surface area contributed by atoms with E-state index in [-0.39, 0.29) is 11.7 Å². The van der Waals surface area contributed by atoms with Gasteiger partial charge in [-0.1, -0.05) is 19.1 Å². The molecule has 102 valence electrons. The summed E-state index contributed by atoms with van der Waals surface area (Å²) in [6.45, 7) is 10.1. The van der Waals surface area contributed by atoms with Crippen molar-refractivity contribution >= 4 is 0 Å². The molecule has 5 heteroatoms. The maximum atomic E-state index is 5.96. The first-order chi connectivity index (χ1) is 8.44. The molecule has 1 saturated heterocycles. The lowest BCUT2D eigenvalue weighted by molar-refractivity contribution is -0.0231. The first kappa shape index (κ1) is 13.5. The Labute approximate surface area is 109 Å². The van der Waals surface area contributed by atoms with Crippen molar-refractivity contribution < 1.29 is 4.74 Å². The van der Waals surface area contributed by atoms with E-state index in [9.17, 15) is 0 Å². The van der Waals surface area contributed by atoms with Gasteiger partial charge < -0.3 is 10.1 Å². The lowest BCUT2D eigenvalue weighted by Crippen LogP contribution is -2.23. The van der Waals surface area contributed by atoms with Gasteiger partial charge >= 0.3 is 0 Å². The Balaban J connectivity index is 1.83. The van der Waals surface area contributed by atoms with Crippen molar-refractivity contribution in [3.63, 3.8) is 0 Å². The van der Waals surface area contributed by atoms with E-state index < -0.39 is 0 Å². The Bertz CT molecular complexity index is 386. The van der Waals surface area contributed by atoms with E-state index >= 15 is 0 Å². The minimum absolute atomic E-state index is 0.0211. The van der Waals surface area contributed by atoms with Crippen molar-refractivity contribution in [2.24, 2.45) is 0 Å². The molecule has 1 aliphatic rings. The molecule has 0 bridgehead atoms.